The van der Waals surface area contributed by atoms with E-state index in [2.05, 4.69) is 18.6 Å². The van der Waals surface area contributed by atoms with Gasteiger partial charge in [0.05, 0.1) is 5.02 Å². The molecule has 3 N–H and O–H groups in total. The zero-order valence-electron chi connectivity index (χ0n) is 12.9. The van der Waals surface area contributed by atoms with Crippen molar-refractivity contribution in [1.82, 2.24) is 4.72 Å². The molecule has 0 radical (unpaired) electrons. The first-order valence-electron chi connectivity index (χ1n) is 7.27. The summed E-state index contributed by atoms with van der Waals surface area (Å²) < 4.78 is 27.5. The monoisotopic (exact) mass is 332 g/mol. The van der Waals surface area contributed by atoms with Gasteiger partial charge in [-0.2, -0.15) is 0 Å². The topological polar surface area (TPSA) is 72.2 Å². The van der Waals surface area contributed by atoms with Gasteiger partial charge in [0.1, 0.15) is 4.90 Å². The Balaban J connectivity index is 2.77. The molecule has 0 aliphatic rings. The Kier molecular flexibility index (Phi) is 7.13. The van der Waals surface area contributed by atoms with Gasteiger partial charge in [-0.05, 0) is 37.0 Å². The van der Waals surface area contributed by atoms with Gasteiger partial charge in [-0.1, -0.05) is 44.4 Å². The van der Waals surface area contributed by atoms with Crippen molar-refractivity contribution in [1.29, 1.82) is 0 Å². The van der Waals surface area contributed by atoms with Crippen LogP contribution in [0.1, 0.15) is 45.6 Å². The summed E-state index contributed by atoms with van der Waals surface area (Å²) in [6, 6.07) is 4.71. The summed E-state index contributed by atoms with van der Waals surface area (Å²) in [5.41, 5.74) is 6.29. The molecule has 21 heavy (non-hydrogen) atoms. The molecule has 0 saturated heterocycles. The highest BCUT2D eigenvalue weighted by Gasteiger charge is 2.20. The van der Waals surface area contributed by atoms with Crippen LogP contribution < -0.4 is 10.5 Å². The lowest BCUT2D eigenvalue weighted by Crippen LogP contribution is -2.32. The Labute approximate surface area is 133 Å². The number of hydrogen-bond acceptors (Lipinski definition) is 3. The van der Waals surface area contributed by atoms with Gasteiger partial charge in [0.15, 0.2) is 0 Å². The first-order chi connectivity index (χ1) is 9.76. The van der Waals surface area contributed by atoms with Crippen LogP contribution in [0.5, 0.6) is 0 Å². The third kappa shape index (κ3) is 5.94. The molecule has 0 aliphatic carbocycles. The predicted molar refractivity (Wildman–Crippen MR) is 87.8 cm³/mol. The van der Waals surface area contributed by atoms with Crippen LogP contribution in [0.3, 0.4) is 0 Å². The molecular formula is C15H25ClN2O2S. The first-order valence-corrected chi connectivity index (χ1v) is 9.13. The van der Waals surface area contributed by atoms with E-state index < -0.39 is 10.0 Å². The van der Waals surface area contributed by atoms with E-state index in [-0.39, 0.29) is 22.5 Å². The number of benzene rings is 1. The van der Waals surface area contributed by atoms with Crippen molar-refractivity contribution in [3.8, 4) is 0 Å². The number of rotatable bonds is 8. The smallest absolute Gasteiger partial charge is 0.242 e. The molecule has 0 amide bonds. The Morgan fingerprint density at radius 2 is 1.90 bits per heavy atom. The molecule has 0 aromatic heterocycles. The number of nitrogens with one attached hydrogen (secondary N) is 1. The largest absolute Gasteiger partial charge is 0.326 e. The Bertz CT molecular complexity index is 559. The van der Waals surface area contributed by atoms with Gasteiger partial charge in [0.2, 0.25) is 10.0 Å². The second kappa shape index (κ2) is 8.13. The summed E-state index contributed by atoms with van der Waals surface area (Å²) in [5.74, 6) is 0.629. The zero-order valence-corrected chi connectivity index (χ0v) is 14.5. The maximum atomic E-state index is 12.4. The van der Waals surface area contributed by atoms with Crippen molar-refractivity contribution in [3.63, 3.8) is 0 Å². The summed E-state index contributed by atoms with van der Waals surface area (Å²) >= 11 is 6.01. The minimum absolute atomic E-state index is 0.0998. The molecule has 0 spiro atoms. The van der Waals surface area contributed by atoms with Gasteiger partial charge in [0.25, 0.3) is 0 Å². The molecule has 1 rings (SSSR count). The Morgan fingerprint density at radius 3 is 2.48 bits per heavy atom. The van der Waals surface area contributed by atoms with E-state index in [0.29, 0.717) is 5.92 Å². The fourth-order valence-corrected chi connectivity index (χ4v) is 3.93. The average Bonchev–Trinajstić information content (AvgIpc) is 2.38. The normalized spacial score (nSPS) is 13.6. The minimum atomic E-state index is -3.61. The number of hydrogen-bond donors (Lipinski definition) is 2. The SMILES string of the molecule is CC(C)CCCC(C)NS(=O)(=O)c1cc(CN)ccc1Cl. The molecular weight excluding hydrogens is 308 g/mol. The van der Waals surface area contributed by atoms with Crippen LogP contribution in [0.15, 0.2) is 23.1 Å². The van der Waals surface area contributed by atoms with Crippen LogP contribution in [0, 0.1) is 5.92 Å². The summed E-state index contributed by atoms with van der Waals surface area (Å²) in [4.78, 5) is 0.0998. The molecule has 0 aliphatic heterocycles. The lowest BCUT2D eigenvalue weighted by Gasteiger charge is -2.16. The average molecular weight is 333 g/mol. The first kappa shape index (κ1) is 18.4. The predicted octanol–water partition coefficient (Wildman–Crippen LogP) is 3.29. The summed E-state index contributed by atoms with van der Waals surface area (Å²) in [6.07, 6.45) is 2.90. The van der Waals surface area contributed by atoms with Crippen LogP contribution in [0.4, 0.5) is 0 Å². The van der Waals surface area contributed by atoms with E-state index in [4.69, 9.17) is 17.3 Å². The van der Waals surface area contributed by atoms with Crippen LogP contribution >= 0.6 is 11.6 Å². The third-order valence-electron chi connectivity index (χ3n) is 3.30. The third-order valence-corrected chi connectivity index (χ3v) is 5.37. The van der Waals surface area contributed by atoms with Gasteiger partial charge < -0.3 is 5.73 Å². The highest BCUT2D eigenvalue weighted by molar-refractivity contribution is 7.89. The lowest BCUT2D eigenvalue weighted by molar-refractivity contribution is 0.488. The van der Waals surface area contributed by atoms with Crippen molar-refractivity contribution in [2.75, 3.05) is 0 Å². The van der Waals surface area contributed by atoms with Gasteiger partial charge in [0, 0.05) is 12.6 Å². The van der Waals surface area contributed by atoms with Gasteiger partial charge in [-0.25, -0.2) is 13.1 Å². The van der Waals surface area contributed by atoms with Crippen molar-refractivity contribution >= 4 is 21.6 Å². The van der Waals surface area contributed by atoms with Gasteiger partial charge >= 0.3 is 0 Å². The summed E-state index contributed by atoms with van der Waals surface area (Å²) in [7, 11) is -3.61. The molecule has 4 nitrogen and oxygen atoms in total. The standard InChI is InChI=1S/C15H25ClN2O2S/c1-11(2)5-4-6-12(3)18-21(19,20)15-9-13(10-17)7-8-14(15)16/h7-9,11-12,18H,4-6,10,17H2,1-3H3. The summed E-state index contributed by atoms with van der Waals surface area (Å²) in [6.45, 7) is 6.47. The van der Waals surface area contributed by atoms with E-state index in [1.807, 2.05) is 6.92 Å². The lowest BCUT2D eigenvalue weighted by atomic mass is 10.0. The number of sulfonamides is 1. The van der Waals surface area contributed by atoms with Gasteiger partial charge in [-0.3, -0.25) is 0 Å². The molecule has 1 atom stereocenters. The maximum Gasteiger partial charge on any atom is 0.242 e. The molecule has 120 valence electrons. The second-order valence-electron chi connectivity index (χ2n) is 5.82. The molecule has 0 heterocycles. The van der Waals surface area contributed by atoms with Crippen LogP contribution in [-0.2, 0) is 16.6 Å². The number of nitrogens with two attached hydrogens (primary N) is 1. The fraction of sp³-hybridized carbons (Fsp3) is 0.600. The zero-order chi connectivity index (χ0) is 16.0. The van der Waals surface area contributed by atoms with Crippen molar-refractivity contribution < 1.29 is 8.42 Å². The molecule has 0 saturated carbocycles. The van der Waals surface area contributed by atoms with Crippen molar-refractivity contribution in [2.45, 2.75) is 57.5 Å². The van der Waals surface area contributed by atoms with E-state index in [1.54, 1.807) is 12.1 Å². The minimum Gasteiger partial charge on any atom is -0.326 e. The second-order valence-corrected chi connectivity index (χ2v) is 7.91. The van der Waals surface area contributed by atoms with Crippen molar-refractivity contribution in [2.24, 2.45) is 11.7 Å². The number of halogens is 1. The molecule has 0 bridgehead atoms. The Morgan fingerprint density at radius 1 is 1.24 bits per heavy atom. The quantitative estimate of drug-likeness (QED) is 0.767. The molecule has 0 fully saturated rings. The van der Waals surface area contributed by atoms with E-state index in [1.165, 1.54) is 6.07 Å². The van der Waals surface area contributed by atoms with E-state index >= 15 is 0 Å². The van der Waals surface area contributed by atoms with E-state index in [0.717, 1.165) is 24.8 Å². The highest BCUT2D eigenvalue weighted by atomic mass is 35.5. The van der Waals surface area contributed by atoms with Crippen LogP contribution in [-0.4, -0.2) is 14.5 Å². The molecule has 1 aromatic carbocycles. The summed E-state index contributed by atoms with van der Waals surface area (Å²) in [5, 5.41) is 0.217. The molecule has 1 aromatic rings. The van der Waals surface area contributed by atoms with E-state index in [9.17, 15) is 8.42 Å². The fourth-order valence-electron chi connectivity index (χ4n) is 2.10. The molecule has 6 heteroatoms. The van der Waals surface area contributed by atoms with Crippen LogP contribution in [0.25, 0.3) is 0 Å². The maximum absolute atomic E-state index is 12.4. The molecule has 1 unspecified atom stereocenters. The van der Waals surface area contributed by atoms with Crippen LogP contribution in [0.2, 0.25) is 5.02 Å². The van der Waals surface area contributed by atoms with Gasteiger partial charge in [-0.15, -0.1) is 0 Å². The Hall–Kier alpha value is -0.620. The van der Waals surface area contributed by atoms with Crippen molar-refractivity contribution in [3.05, 3.63) is 28.8 Å². The highest BCUT2D eigenvalue weighted by Crippen LogP contribution is 2.23.